The first kappa shape index (κ1) is 17.2. The Morgan fingerprint density at radius 1 is 1.38 bits per heavy atom. The molecular weight excluding hydrogens is 304 g/mol. The van der Waals surface area contributed by atoms with E-state index in [1.54, 1.807) is 0 Å². The van der Waals surface area contributed by atoms with Crippen LogP contribution >= 0.6 is 0 Å². The van der Waals surface area contributed by atoms with E-state index in [-0.39, 0.29) is 18.1 Å². The second kappa shape index (κ2) is 7.99. The smallest absolute Gasteiger partial charge is 0.253 e. The molecule has 0 bridgehead atoms. The van der Waals surface area contributed by atoms with Gasteiger partial charge in [0.25, 0.3) is 5.91 Å². The van der Waals surface area contributed by atoms with Gasteiger partial charge >= 0.3 is 0 Å². The first-order valence-corrected chi connectivity index (χ1v) is 9.03. The molecule has 2 aliphatic heterocycles. The quantitative estimate of drug-likeness (QED) is 0.899. The topological polar surface area (TPSA) is 64.8 Å². The average molecular weight is 332 g/mol. The molecule has 3 rings (SSSR count). The first-order valence-electron chi connectivity index (χ1n) is 9.03. The van der Waals surface area contributed by atoms with Crippen molar-refractivity contribution in [2.75, 3.05) is 26.3 Å². The van der Waals surface area contributed by atoms with Gasteiger partial charge in [-0.3, -0.25) is 4.79 Å². The zero-order chi connectivity index (χ0) is 16.9. The summed E-state index contributed by atoms with van der Waals surface area (Å²) >= 11 is 0. The van der Waals surface area contributed by atoms with Gasteiger partial charge < -0.3 is 20.1 Å². The third-order valence-electron chi connectivity index (χ3n) is 5.11. The summed E-state index contributed by atoms with van der Waals surface area (Å²) in [6.07, 6.45) is 4.30. The highest BCUT2D eigenvalue weighted by Crippen LogP contribution is 2.23. The Balaban J connectivity index is 1.56. The molecule has 1 aromatic rings. The molecule has 0 spiro atoms. The normalized spacial score (nSPS) is 23.2. The number of ether oxygens (including phenoxy) is 2. The number of hydrogen-bond acceptors (Lipinski definition) is 4. The third-order valence-corrected chi connectivity index (χ3v) is 5.11. The fourth-order valence-corrected chi connectivity index (χ4v) is 3.49. The van der Waals surface area contributed by atoms with Crippen LogP contribution in [0.1, 0.15) is 43.0 Å². The SMILES string of the molecule is CC(N)C1CCN(C(=O)c2cccc(OCC3CCCO3)c2)CC1. The molecule has 2 N–H and O–H groups in total. The van der Waals surface area contributed by atoms with Gasteiger partial charge in [-0.1, -0.05) is 6.07 Å². The van der Waals surface area contributed by atoms with Gasteiger partial charge in [0, 0.05) is 31.3 Å². The van der Waals surface area contributed by atoms with Crippen molar-refractivity contribution >= 4 is 5.91 Å². The van der Waals surface area contributed by atoms with Crippen LogP contribution in [0.15, 0.2) is 24.3 Å². The second-order valence-electron chi connectivity index (χ2n) is 6.96. The van der Waals surface area contributed by atoms with E-state index in [1.807, 2.05) is 29.2 Å². The molecule has 2 aliphatic rings. The van der Waals surface area contributed by atoms with Gasteiger partial charge in [-0.25, -0.2) is 0 Å². The van der Waals surface area contributed by atoms with Crippen LogP contribution in [-0.2, 0) is 4.74 Å². The standard InChI is InChI=1S/C19H28N2O3/c1-14(20)15-7-9-21(10-8-15)19(22)16-4-2-5-17(12-16)24-13-18-6-3-11-23-18/h2,4-5,12,14-15,18H,3,6-11,13,20H2,1H3. The zero-order valence-corrected chi connectivity index (χ0v) is 14.4. The maximum atomic E-state index is 12.7. The molecule has 2 atom stereocenters. The summed E-state index contributed by atoms with van der Waals surface area (Å²) in [5.74, 6) is 1.35. The van der Waals surface area contributed by atoms with Crippen molar-refractivity contribution in [3.8, 4) is 5.75 Å². The van der Waals surface area contributed by atoms with Crippen molar-refractivity contribution < 1.29 is 14.3 Å². The molecule has 1 aromatic carbocycles. The number of carbonyl (C=O) groups excluding carboxylic acids is 1. The van der Waals surface area contributed by atoms with Gasteiger partial charge in [-0.2, -0.15) is 0 Å². The Bertz CT molecular complexity index is 547. The molecule has 0 radical (unpaired) electrons. The summed E-state index contributed by atoms with van der Waals surface area (Å²) in [5.41, 5.74) is 6.67. The molecule has 5 heteroatoms. The van der Waals surface area contributed by atoms with E-state index >= 15 is 0 Å². The maximum Gasteiger partial charge on any atom is 0.253 e. The largest absolute Gasteiger partial charge is 0.491 e. The average Bonchev–Trinajstić information content (AvgIpc) is 3.13. The summed E-state index contributed by atoms with van der Waals surface area (Å²) in [6, 6.07) is 7.69. The lowest BCUT2D eigenvalue weighted by Crippen LogP contribution is -2.42. The van der Waals surface area contributed by atoms with Crippen LogP contribution in [0.5, 0.6) is 5.75 Å². The number of carbonyl (C=O) groups is 1. The van der Waals surface area contributed by atoms with E-state index in [0.717, 1.165) is 51.1 Å². The van der Waals surface area contributed by atoms with Crippen LogP contribution in [0.25, 0.3) is 0 Å². The Labute approximate surface area is 144 Å². The van der Waals surface area contributed by atoms with E-state index in [9.17, 15) is 4.79 Å². The molecule has 5 nitrogen and oxygen atoms in total. The van der Waals surface area contributed by atoms with Crippen molar-refractivity contribution in [2.45, 2.75) is 44.8 Å². The van der Waals surface area contributed by atoms with Crippen molar-refractivity contribution in [1.29, 1.82) is 0 Å². The maximum absolute atomic E-state index is 12.7. The molecule has 2 unspecified atom stereocenters. The number of nitrogens with two attached hydrogens (primary N) is 1. The molecule has 0 aromatic heterocycles. The van der Waals surface area contributed by atoms with Crippen molar-refractivity contribution in [3.05, 3.63) is 29.8 Å². The molecule has 24 heavy (non-hydrogen) atoms. The number of nitrogens with zero attached hydrogens (tertiary/aromatic N) is 1. The zero-order valence-electron chi connectivity index (χ0n) is 14.4. The highest BCUT2D eigenvalue weighted by atomic mass is 16.5. The van der Waals surface area contributed by atoms with Crippen LogP contribution in [-0.4, -0.2) is 49.3 Å². The van der Waals surface area contributed by atoms with Crippen molar-refractivity contribution in [2.24, 2.45) is 11.7 Å². The summed E-state index contributed by atoms with van der Waals surface area (Å²) in [6.45, 7) is 5.00. The van der Waals surface area contributed by atoms with Crippen LogP contribution < -0.4 is 10.5 Å². The van der Waals surface area contributed by atoms with Gasteiger partial charge in [0.2, 0.25) is 0 Å². The van der Waals surface area contributed by atoms with E-state index in [2.05, 4.69) is 6.92 Å². The molecule has 0 saturated carbocycles. The molecule has 2 saturated heterocycles. The number of likely N-dealkylation sites (tertiary alicyclic amines) is 1. The second-order valence-corrected chi connectivity index (χ2v) is 6.96. The molecular formula is C19H28N2O3. The van der Waals surface area contributed by atoms with E-state index in [1.165, 1.54) is 0 Å². The lowest BCUT2D eigenvalue weighted by Gasteiger charge is -2.33. The van der Waals surface area contributed by atoms with E-state index < -0.39 is 0 Å². The molecule has 2 heterocycles. The number of rotatable bonds is 5. The molecule has 1 amide bonds. The summed E-state index contributed by atoms with van der Waals surface area (Å²) in [4.78, 5) is 14.6. The Morgan fingerprint density at radius 3 is 2.83 bits per heavy atom. The predicted octanol–water partition coefficient (Wildman–Crippen LogP) is 2.44. The van der Waals surface area contributed by atoms with Crippen LogP contribution in [0.4, 0.5) is 0 Å². The predicted molar refractivity (Wildman–Crippen MR) is 93.2 cm³/mol. The van der Waals surface area contributed by atoms with Gasteiger partial charge in [0.15, 0.2) is 0 Å². The van der Waals surface area contributed by atoms with Gasteiger partial charge in [-0.05, 0) is 56.7 Å². The summed E-state index contributed by atoms with van der Waals surface area (Å²) in [5, 5.41) is 0. The first-order chi connectivity index (χ1) is 11.6. The fraction of sp³-hybridized carbons (Fsp3) is 0.632. The number of piperidine rings is 1. The minimum atomic E-state index is 0.0840. The summed E-state index contributed by atoms with van der Waals surface area (Å²) in [7, 11) is 0. The third kappa shape index (κ3) is 4.28. The summed E-state index contributed by atoms with van der Waals surface area (Å²) < 4.78 is 11.4. The van der Waals surface area contributed by atoms with Crippen molar-refractivity contribution in [1.82, 2.24) is 4.90 Å². The highest BCUT2D eigenvalue weighted by molar-refractivity contribution is 5.94. The van der Waals surface area contributed by atoms with E-state index in [4.69, 9.17) is 15.2 Å². The molecule has 132 valence electrons. The lowest BCUT2D eigenvalue weighted by atomic mass is 9.90. The minimum absolute atomic E-state index is 0.0840. The van der Waals surface area contributed by atoms with Crippen LogP contribution in [0.3, 0.4) is 0 Å². The molecule has 2 fully saturated rings. The van der Waals surface area contributed by atoms with Crippen LogP contribution in [0.2, 0.25) is 0 Å². The lowest BCUT2D eigenvalue weighted by molar-refractivity contribution is 0.0666. The van der Waals surface area contributed by atoms with Gasteiger partial charge in [0.05, 0.1) is 6.10 Å². The Morgan fingerprint density at radius 2 is 2.17 bits per heavy atom. The minimum Gasteiger partial charge on any atom is -0.491 e. The molecule has 0 aliphatic carbocycles. The number of benzene rings is 1. The highest BCUT2D eigenvalue weighted by Gasteiger charge is 2.25. The van der Waals surface area contributed by atoms with Gasteiger partial charge in [-0.15, -0.1) is 0 Å². The van der Waals surface area contributed by atoms with E-state index in [0.29, 0.717) is 18.1 Å². The van der Waals surface area contributed by atoms with Crippen LogP contribution in [0, 0.1) is 5.92 Å². The Hall–Kier alpha value is -1.59. The van der Waals surface area contributed by atoms with Crippen molar-refractivity contribution in [3.63, 3.8) is 0 Å². The number of hydrogen-bond donors (Lipinski definition) is 1. The number of amides is 1. The van der Waals surface area contributed by atoms with Gasteiger partial charge in [0.1, 0.15) is 12.4 Å². The Kier molecular flexibility index (Phi) is 5.74. The fourth-order valence-electron chi connectivity index (χ4n) is 3.49. The monoisotopic (exact) mass is 332 g/mol.